The average Bonchev–Trinajstić information content (AvgIpc) is 2.89. The molecule has 12 nitrogen and oxygen atoms in total. The molecule has 0 aromatic carbocycles. The van der Waals surface area contributed by atoms with Gasteiger partial charge in [-0.25, -0.2) is 19.4 Å². The first kappa shape index (κ1) is 38.2. The highest BCUT2D eigenvalue weighted by atomic mass is 16.7. The summed E-state index contributed by atoms with van der Waals surface area (Å²) in [6.45, 7) is 22.2. The number of carbonyl (C=O) groups excluding carboxylic acids is 4. The van der Waals surface area contributed by atoms with E-state index in [9.17, 15) is 19.2 Å². The fraction of sp³-hybridized carbons (Fsp3) is 0.882. The van der Waals surface area contributed by atoms with Crippen LogP contribution in [0.15, 0.2) is 0 Å². The van der Waals surface area contributed by atoms with E-state index in [1.807, 2.05) is 62.3 Å². The van der Waals surface area contributed by atoms with E-state index in [-0.39, 0.29) is 49.8 Å². The molecule has 2 atom stereocenters. The van der Waals surface area contributed by atoms with E-state index < -0.39 is 45.8 Å². The molecular weight excluding hydrogens is 592 g/mol. The molecule has 0 radical (unpaired) electrons. The van der Waals surface area contributed by atoms with Crippen LogP contribution >= 0.6 is 0 Å². The minimum atomic E-state index is -0.698. The van der Waals surface area contributed by atoms with Crippen LogP contribution in [0.3, 0.4) is 0 Å². The average molecular weight is 653 g/mol. The molecule has 2 saturated heterocycles. The summed E-state index contributed by atoms with van der Waals surface area (Å²) in [7, 11) is 3.17. The van der Waals surface area contributed by atoms with Gasteiger partial charge in [0, 0.05) is 36.5 Å². The first-order chi connectivity index (χ1) is 20.9. The van der Waals surface area contributed by atoms with Gasteiger partial charge in [-0.1, -0.05) is 20.8 Å². The monoisotopic (exact) mass is 652 g/mol. The summed E-state index contributed by atoms with van der Waals surface area (Å²) in [5.41, 5.74) is -3.19. The molecule has 0 bridgehead atoms. The molecule has 3 aliphatic rings. The van der Waals surface area contributed by atoms with Gasteiger partial charge in [-0.3, -0.25) is 9.59 Å². The first-order valence-corrected chi connectivity index (χ1v) is 16.6. The van der Waals surface area contributed by atoms with Crippen LogP contribution in [0.5, 0.6) is 0 Å². The van der Waals surface area contributed by atoms with Gasteiger partial charge in [-0.15, -0.1) is 0 Å². The lowest BCUT2D eigenvalue weighted by Crippen LogP contribution is -2.60. The molecule has 12 heteroatoms. The van der Waals surface area contributed by atoms with E-state index in [0.29, 0.717) is 32.1 Å². The fourth-order valence-electron chi connectivity index (χ4n) is 8.63. The Morgan fingerprint density at radius 2 is 1.11 bits per heavy atom. The van der Waals surface area contributed by atoms with E-state index in [1.165, 1.54) is 9.80 Å². The Morgan fingerprint density at radius 3 is 1.59 bits per heavy atom. The predicted octanol–water partition coefficient (Wildman–Crippen LogP) is 5.93. The van der Waals surface area contributed by atoms with Gasteiger partial charge in [0.1, 0.15) is 13.2 Å². The fourth-order valence-corrected chi connectivity index (χ4v) is 8.63. The maximum atomic E-state index is 13.8. The number of hydrogen-bond acceptors (Lipinski definition) is 10. The highest BCUT2D eigenvalue weighted by Gasteiger charge is 2.50. The molecular formula is C34H60N4O8. The zero-order chi connectivity index (χ0) is 35.1. The zero-order valence-electron chi connectivity index (χ0n) is 30.7. The number of hydrogen-bond donors (Lipinski definition) is 0. The maximum Gasteiger partial charge on any atom is 0.416 e. The van der Waals surface area contributed by atoms with Crippen LogP contribution in [0.2, 0.25) is 0 Å². The third kappa shape index (κ3) is 8.41. The van der Waals surface area contributed by atoms with Gasteiger partial charge in [-0.05, 0) is 98.3 Å². The van der Waals surface area contributed by atoms with Gasteiger partial charge < -0.3 is 19.1 Å². The Hall–Kier alpha value is -2.28. The van der Waals surface area contributed by atoms with E-state index in [2.05, 4.69) is 13.8 Å². The third-order valence-electron chi connectivity index (χ3n) is 9.88. The van der Waals surface area contributed by atoms with Gasteiger partial charge in [0.25, 0.3) is 0 Å². The largest absolute Gasteiger partial charge is 0.447 e. The lowest BCUT2D eigenvalue weighted by molar-refractivity contribution is -0.257. The lowest BCUT2D eigenvalue weighted by atomic mass is 9.62. The first-order valence-electron chi connectivity index (χ1n) is 16.6. The molecule has 1 saturated carbocycles. The molecule has 264 valence electrons. The van der Waals surface area contributed by atoms with Crippen LogP contribution in [-0.2, 0) is 28.7 Å². The maximum absolute atomic E-state index is 13.8. The topological polar surface area (TPSA) is 118 Å². The molecule has 0 aromatic rings. The number of imide groups is 2. The number of cyclic esters (lactones) is 2. The smallest absolute Gasteiger partial charge is 0.416 e. The Labute approximate surface area is 276 Å². The highest BCUT2D eigenvalue weighted by Crippen LogP contribution is 2.49. The summed E-state index contributed by atoms with van der Waals surface area (Å²) in [5.74, 6) is -0.628. The van der Waals surface area contributed by atoms with E-state index in [4.69, 9.17) is 19.1 Å². The molecule has 4 amide bonds. The standard InChI is InChI=1S/C34H60N4O8/c1-29(2)18-24(36-26(40)15-17-31(5,6)38(44-13)33(9,10)23-46-28(36)42)19-34(11,20-29)21-35-25(39)14-16-30(3,4)37(43-12)32(7,8)22-45-27(35)41/h24H,14-23H2,1-13H3. The van der Waals surface area contributed by atoms with Crippen LogP contribution in [0.1, 0.15) is 121 Å². The van der Waals surface area contributed by atoms with Gasteiger partial charge >= 0.3 is 12.2 Å². The molecule has 0 spiro atoms. The number of carbonyl (C=O) groups is 4. The Balaban J connectivity index is 1.92. The molecule has 3 rings (SSSR count). The van der Waals surface area contributed by atoms with Crippen LogP contribution in [0, 0.1) is 10.8 Å². The Bertz CT molecular complexity index is 1100. The zero-order valence-corrected chi connectivity index (χ0v) is 30.7. The van der Waals surface area contributed by atoms with Crippen molar-refractivity contribution < 1.29 is 38.3 Å². The van der Waals surface area contributed by atoms with Crippen LogP contribution in [-0.4, -0.2) is 106 Å². The number of amides is 4. The molecule has 0 N–H and O–H groups in total. The third-order valence-corrected chi connectivity index (χ3v) is 9.88. The summed E-state index contributed by atoms with van der Waals surface area (Å²) in [6.07, 6.45) is 1.50. The second-order valence-electron chi connectivity index (χ2n) is 17.3. The number of hydroxylamine groups is 4. The van der Waals surface area contributed by atoms with E-state index in [0.717, 1.165) is 0 Å². The molecule has 3 fully saturated rings. The number of nitrogens with zero attached hydrogens (tertiary/aromatic N) is 4. The van der Waals surface area contributed by atoms with Crippen molar-refractivity contribution in [1.82, 2.24) is 19.9 Å². The Morgan fingerprint density at radius 1 is 0.652 bits per heavy atom. The molecule has 46 heavy (non-hydrogen) atoms. The molecule has 0 aromatic heterocycles. The lowest BCUT2D eigenvalue weighted by Gasteiger charge is -2.51. The van der Waals surface area contributed by atoms with Crippen LogP contribution < -0.4 is 0 Å². The highest BCUT2D eigenvalue weighted by molar-refractivity contribution is 5.93. The van der Waals surface area contributed by atoms with Crippen molar-refractivity contribution in [2.75, 3.05) is 34.0 Å². The summed E-state index contributed by atoms with van der Waals surface area (Å²) < 4.78 is 11.6. The summed E-state index contributed by atoms with van der Waals surface area (Å²) >= 11 is 0. The minimum absolute atomic E-state index is 0.0268. The van der Waals surface area contributed by atoms with Gasteiger partial charge in [0.15, 0.2) is 0 Å². The second kappa shape index (κ2) is 13.3. The molecule has 2 heterocycles. The summed E-state index contributed by atoms with van der Waals surface area (Å²) in [4.78, 5) is 68.7. The van der Waals surface area contributed by atoms with Crippen molar-refractivity contribution >= 4 is 24.0 Å². The normalized spacial score (nSPS) is 31.2. The second-order valence-corrected chi connectivity index (χ2v) is 17.3. The van der Waals surface area contributed by atoms with Gasteiger partial charge in [-0.2, -0.15) is 10.1 Å². The summed E-state index contributed by atoms with van der Waals surface area (Å²) in [5, 5.41) is 3.60. The van der Waals surface area contributed by atoms with Gasteiger partial charge in [0.05, 0.1) is 25.3 Å². The quantitative estimate of drug-likeness (QED) is 0.354. The molecule has 1 aliphatic carbocycles. The Kier molecular flexibility index (Phi) is 11.1. The number of rotatable bonds is 5. The van der Waals surface area contributed by atoms with E-state index in [1.54, 1.807) is 24.3 Å². The molecule has 2 aliphatic heterocycles. The minimum Gasteiger partial charge on any atom is -0.447 e. The SMILES string of the molecule is CON1C(C)(C)CCC(=O)N(CC2(C)CC(N3C(=O)CCC(C)(C)N(OC)C(C)(C)COC3=O)CC(C)(C)C2)C(=O)OCC1(C)C. The van der Waals surface area contributed by atoms with Crippen molar-refractivity contribution in [3.63, 3.8) is 0 Å². The van der Waals surface area contributed by atoms with Crippen LogP contribution in [0.25, 0.3) is 0 Å². The molecule has 2 unspecified atom stereocenters. The van der Waals surface area contributed by atoms with Crippen molar-refractivity contribution in [3.05, 3.63) is 0 Å². The van der Waals surface area contributed by atoms with Crippen molar-refractivity contribution in [1.29, 1.82) is 0 Å². The van der Waals surface area contributed by atoms with Crippen LogP contribution in [0.4, 0.5) is 9.59 Å². The predicted molar refractivity (Wildman–Crippen MR) is 173 cm³/mol. The van der Waals surface area contributed by atoms with E-state index >= 15 is 0 Å². The van der Waals surface area contributed by atoms with Gasteiger partial charge in [0.2, 0.25) is 11.8 Å². The van der Waals surface area contributed by atoms with Crippen molar-refractivity contribution in [2.24, 2.45) is 10.8 Å². The van der Waals surface area contributed by atoms with Crippen molar-refractivity contribution in [2.45, 2.75) is 149 Å². The van der Waals surface area contributed by atoms with Crippen molar-refractivity contribution in [3.8, 4) is 0 Å². The summed E-state index contributed by atoms with van der Waals surface area (Å²) in [6, 6.07) is -0.474. The number of ether oxygens (including phenoxy) is 2.